The molecule has 3 aromatic rings. The van der Waals surface area contributed by atoms with Gasteiger partial charge in [-0.05, 0) is 72.8 Å². The van der Waals surface area contributed by atoms with Crippen LogP contribution in [-0.2, 0) is 21.1 Å². The SMILES string of the molecule is C1=Cc2cc3ccc(cc4nc(cc5ccc(cc1n2)[nH]5)C=C4)[nH]3.[Mo]. The molecule has 5 heteroatoms. The Morgan fingerprint density at radius 3 is 1.04 bits per heavy atom. The third-order valence-electron chi connectivity index (χ3n) is 4.04. The first kappa shape index (κ1) is 15.8. The second-order valence-electron chi connectivity index (χ2n) is 5.91. The van der Waals surface area contributed by atoms with Gasteiger partial charge >= 0.3 is 0 Å². The van der Waals surface area contributed by atoms with Gasteiger partial charge in [0.15, 0.2) is 0 Å². The van der Waals surface area contributed by atoms with E-state index in [1.54, 1.807) is 0 Å². The van der Waals surface area contributed by atoms with Crippen molar-refractivity contribution in [3.05, 3.63) is 71.3 Å². The van der Waals surface area contributed by atoms with E-state index in [9.17, 15) is 0 Å². The van der Waals surface area contributed by atoms with E-state index >= 15 is 0 Å². The van der Waals surface area contributed by atoms with E-state index in [4.69, 9.17) is 0 Å². The molecule has 0 fully saturated rings. The minimum absolute atomic E-state index is 0. The van der Waals surface area contributed by atoms with Crippen LogP contribution in [-0.4, -0.2) is 19.9 Å². The van der Waals surface area contributed by atoms with Crippen molar-refractivity contribution >= 4 is 46.4 Å². The molecule has 0 saturated carbocycles. The summed E-state index contributed by atoms with van der Waals surface area (Å²) in [5.74, 6) is 0. The molecule has 4 nitrogen and oxygen atoms in total. The Balaban J connectivity index is 0.00000157. The van der Waals surface area contributed by atoms with Crippen molar-refractivity contribution in [3.8, 4) is 0 Å². The third-order valence-corrected chi connectivity index (χ3v) is 4.04. The molecule has 0 amide bonds. The van der Waals surface area contributed by atoms with Gasteiger partial charge < -0.3 is 9.97 Å². The van der Waals surface area contributed by atoms with Gasteiger partial charge in [0.25, 0.3) is 0 Å². The van der Waals surface area contributed by atoms with Gasteiger partial charge in [-0.2, -0.15) is 0 Å². The summed E-state index contributed by atoms with van der Waals surface area (Å²) in [6.45, 7) is 0. The maximum atomic E-state index is 4.63. The van der Waals surface area contributed by atoms with Crippen LogP contribution in [0, 0.1) is 0 Å². The van der Waals surface area contributed by atoms with Crippen LogP contribution >= 0.6 is 0 Å². The Labute approximate surface area is 158 Å². The number of nitrogens with one attached hydrogen (secondary N) is 2. The molecule has 3 aromatic heterocycles. The minimum atomic E-state index is 0. The number of aromatic amines is 2. The molecule has 0 saturated heterocycles. The molecule has 5 heterocycles. The molecule has 0 aromatic carbocycles. The average Bonchev–Trinajstić information content (AvgIpc) is 3.32. The number of aromatic nitrogens is 4. The summed E-state index contributed by atoms with van der Waals surface area (Å²) in [6, 6.07) is 16.4. The third kappa shape index (κ3) is 3.26. The predicted octanol–water partition coefficient (Wildman–Crippen LogP) is 4.65. The van der Waals surface area contributed by atoms with Gasteiger partial charge in [-0.1, -0.05) is 0 Å². The molecule has 2 aliphatic rings. The Bertz CT molecular complexity index is 990. The van der Waals surface area contributed by atoms with Gasteiger partial charge in [0.05, 0.1) is 22.8 Å². The maximum absolute atomic E-state index is 4.63. The fourth-order valence-electron chi connectivity index (χ4n) is 2.94. The number of H-pyrrole nitrogens is 2. The smallest absolute Gasteiger partial charge is 0.0658 e. The second kappa shape index (κ2) is 6.30. The van der Waals surface area contributed by atoms with Crippen molar-refractivity contribution in [2.75, 3.05) is 0 Å². The van der Waals surface area contributed by atoms with E-state index in [-0.39, 0.29) is 21.1 Å². The van der Waals surface area contributed by atoms with E-state index in [0.717, 1.165) is 44.8 Å². The summed E-state index contributed by atoms with van der Waals surface area (Å²) in [5, 5.41) is 0. The van der Waals surface area contributed by atoms with Crippen molar-refractivity contribution in [1.29, 1.82) is 0 Å². The van der Waals surface area contributed by atoms with Crippen LogP contribution in [0.4, 0.5) is 0 Å². The molecule has 0 radical (unpaired) electrons. The first-order valence-electron chi connectivity index (χ1n) is 7.85. The molecule has 0 atom stereocenters. The summed E-state index contributed by atoms with van der Waals surface area (Å²) < 4.78 is 0. The van der Waals surface area contributed by atoms with Gasteiger partial charge in [-0.15, -0.1) is 0 Å². The largest absolute Gasteiger partial charge is 0.355 e. The van der Waals surface area contributed by atoms with Crippen LogP contribution in [0.3, 0.4) is 0 Å². The number of fused-ring (bicyclic) bond motifs is 8. The monoisotopic (exact) mass is 408 g/mol. The van der Waals surface area contributed by atoms with Gasteiger partial charge in [0.2, 0.25) is 0 Å². The zero-order chi connectivity index (χ0) is 15.9. The van der Waals surface area contributed by atoms with Gasteiger partial charge in [0, 0.05) is 43.1 Å². The zero-order valence-corrected chi connectivity index (χ0v) is 15.2. The van der Waals surface area contributed by atoms with E-state index in [1.807, 2.05) is 48.6 Å². The summed E-state index contributed by atoms with van der Waals surface area (Å²) in [7, 11) is 0. The molecule has 2 aliphatic heterocycles. The van der Waals surface area contributed by atoms with Crippen LogP contribution in [0.15, 0.2) is 48.5 Å². The van der Waals surface area contributed by atoms with Crippen molar-refractivity contribution < 1.29 is 21.1 Å². The summed E-state index contributed by atoms with van der Waals surface area (Å²) in [5.41, 5.74) is 7.86. The number of hydrogen-bond acceptors (Lipinski definition) is 2. The Kier molecular flexibility index (Phi) is 3.98. The Morgan fingerprint density at radius 1 is 0.480 bits per heavy atom. The average molecular weight is 406 g/mol. The van der Waals surface area contributed by atoms with Crippen LogP contribution in [0.5, 0.6) is 0 Å². The maximum Gasteiger partial charge on any atom is 0.0658 e. The first-order chi connectivity index (χ1) is 11.8. The Hall–Kier alpha value is -2.71. The molecule has 25 heavy (non-hydrogen) atoms. The molecular formula is C20H14MoN4. The number of hydrogen-bond donors (Lipinski definition) is 2. The van der Waals surface area contributed by atoms with Crippen LogP contribution in [0.25, 0.3) is 46.4 Å². The van der Waals surface area contributed by atoms with Gasteiger partial charge in [0.1, 0.15) is 0 Å². The molecule has 0 unspecified atom stereocenters. The first-order valence-corrected chi connectivity index (χ1v) is 7.85. The van der Waals surface area contributed by atoms with Crippen molar-refractivity contribution in [1.82, 2.24) is 19.9 Å². The van der Waals surface area contributed by atoms with E-state index < -0.39 is 0 Å². The van der Waals surface area contributed by atoms with Crippen LogP contribution in [0.2, 0.25) is 0 Å². The fourth-order valence-corrected chi connectivity index (χ4v) is 2.94. The minimum Gasteiger partial charge on any atom is -0.355 e. The molecular weight excluding hydrogens is 392 g/mol. The molecule has 0 aliphatic carbocycles. The predicted molar refractivity (Wildman–Crippen MR) is 98.9 cm³/mol. The summed E-state index contributed by atoms with van der Waals surface area (Å²) in [6.07, 6.45) is 8.09. The number of rotatable bonds is 0. The van der Waals surface area contributed by atoms with E-state index in [2.05, 4.69) is 44.2 Å². The molecule has 120 valence electrons. The Morgan fingerprint density at radius 2 is 0.760 bits per heavy atom. The zero-order valence-electron chi connectivity index (χ0n) is 13.2. The second-order valence-corrected chi connectivity index (χ2v) is 5.91. The quantitative estimate of drug-likeness (QED) is 0.368. The summed E-state index contributed by atoms with van der Waals surface area (Å²) >= 11 is 0. The van der Waals surface area contributed by atoms with Crippen molar-refractivity contribution in [3.63, 3.8) is 0 Å². The summed E-state index contributed by atoms with van der Waals surface area (Å²) in [4.78, 5) is 16.0. The van der Waals surface area contributed by atoms with Gasteiger partial charge in [-0.3, -0.25) is 0 Å². The molecule has 2 N–H and O–H groups in total. The fraction of sp³-hybridized carbons (Fsp3) is 0. The van der Waals surface area contributed by atoms with Crippen molar-refractivity contribution in [2.45, 2.75) is 0 Å². The van der Waals surface area contributed by atoms with Crippen LogP contribution < -0.4 is 0 Å². The normalized spacial score (nSPS) is 12.2. The molecule has 0 spiro atoms. The molecule has 5 rings (SSSR count). The standard InChI is InChI=1S/C20H14N4.Mo/c1-2-14-10-16-5-6-18(23-16)12-20-8-7-19(24-20)11-17-4-3-15(22-17)9-13(1)21-14;/h1-12,21,24H;. The topological polar surface area (TPSA) is 57.4 Å². The number of nitrogens with zero attached hydrogens (tertiary/aromatic N) is 2. The molecule has 8 bridgehead atoms. The van der Waals surface area contributed by atoms with E-state index in [0.29, 0.717) is 0 Å². The van der Waals surface area contributed by atoms with Gasteiger partial charge in [-0.25, -0.2) is 9.97 Å². The van der Waals surface area contributed by atoms with E-state index in [1.165, 1.54) is 0 Å². The van der Waals surface area contributed by atoms with Crippen molar-refractivity contribution in [2.24, 2.45) is 0 Å². The van der Waals surface area contributed by atoms with Crippen LogP contribution in [0.1, 0.15) is 22.8 Å².